The molecule has 40 heavy (non-hydrogen) atoms. The van der Waals surface area contributed by atoms with Crippen LogP contribution in [0, 0.1) is 47.2 Å². The summed E-state index contributed by atoms with van der Waals surface area (Å²) in [7, 11) is 3.26. The van der Waals surface area contributed by atoms with E-state index in [2.05, 4.69) is 12.1 Å². The van der Waals surface area contributed by atoms with E-state index in [9.17, 15) is 29.3 Å². The van der Waals surface area contributed by atoms with Gasteiger partial charge in [-0.05, 0) is 36.2 Å². The highest BCUT2D eigenvalue weighted by Crippen LogP contribution is 2.43. The van der Waals surface area contributed by atoms with E-state index in [0.717, 1.165) is 0 Å². The van der Waals surface area contributed by atoms with Crippen molar-refractivity contribution >= 4 is 17.5 Å². The number of ketones is 2. The van der Waals surface area contributed by atoms with E-state index in [4.69, 9.17) is 0 Å². The van der Waals surface area contributed by atoms with E-state index >= 15 is 0 Å². The molecule has 8 heteroatoms. The van der Waals surface area contributed by atoms with Crippen molar-refractivity contribution in [2.24, 2.45) is 11.8 Å². The minimum atomic E-state index is -0.873. The third kappa shape index (κ3) is 5.54. The van der Waals surface area contributed by atoms with Gasteiger partial charge in [0.05, 0.1) is 29.8 Å². The molecule has 0 radical (unpaired) electrons. The number of carbonyl (C=O) groups is 3. The van der Waals surface area contributed by atoms with E-state index in [0.29, 0.717) is 11.1 Å². The largest absolute Gasteiger partial charge is 0.348 e. The van der Waals surface area contributed by atoms with Gasteiger partial charge in [-0.1, -0.05) is 48.5 Å². The maximum atomic E-state index is 14.9. The third-order valence-corrected chi connectivity index (χ3v) is 7.60. The number of hydrogen-bond acceptors (Lipinski definition) is 6. The lowest BCUT2D eigenvalue weighted by atomic mass is 9.67. The number of nitriles is 2. The van der Waals surface area contributed by atoms with Crippen LogP contribution in [0.15, 0.2) is 66.7 Å². The summed E-state index contributed by atoms with van der Waals surface area (Å²) < 4.78 is 14.9. The number of hydrogen-bond donors (Lipinski definition) is 0. The summed E-state index contributed by atoms with van der Waals surface area (Å²) >= 11 is 0. The molecule has 0 unspecified atom stereocenters. The van der Waals surface area contributed by atoms with Crippen LogP contribution in [0.3, 0.4) is 0 Å². The van der Waals surface area contributed by atoms with Gasteiger partial charge in [0.2, 0.25) is 5.91 Å². The molecular formula is C32H29FN4O3. The van der Waals surface area contributed by atoms with Crippen LogP contribution in [-0.2, 0) is 4.79 Å². The second-order valence-electron chi connectivity index (χ2n) is 10.2. The first-order chi connectivity index (χ1) is 19.2. The first-order valence-corrected chi connectivity index (χ1v) is 12.9. The summed E-state index contributed by atoms with van der Waals surface area (Å²) in [4.78, 5) is 44.4. The molecular weight excluding hydrogens is 507 g/mol. The summed E-state index contributed by atoms with van der Waals surface area (Å²) in [6.45, 7) is 1.84. The van der Waals surface area contributed by atoms with Crippen LogP contribution >= 0.6 is 0 Å². The normalized spacial score (nSPS) is 18.8. The summed E-state index contributed by atoms with van der Waals surface area (Å²) in [5.41, 5.74) is 1.64. The SMILES string of the molecule is Cc1c(F)cccc1[C@H]1[C@@H](C(=O)c2ccccc2C#N)CN(CC(=O)N(C)C)C[C@H]1C(=O)c1ccccc1C#N. The Labute approximate surface area is 233 Å². The average molecular weight is 537 g/mol. The van der Waals surface area contributed by atoms with Crippen LogP contribution < -0.4 is 0 Å². The number of carbonyl (C=O) groups excluding carboxylic acids is 3. The molecule has 1 amide bonds. The zero-order valence-corrected chi connectivity index (χ0v) is 22.6. The summed E-state index contributed by atoms with van der Waals surface area (Å²) in [6, 6.07) is 21.6. The number of piperidine rings is 1. The van der Waals surface area contributed by atoms with Crippen LogP contribution in [0.5, 0.6) is 0 Å². The fraction of sp³-hybridized carbons (Fsp3) is 0.281. The Balaban J connectivity index is 1.92. The monoisotopic (exact) mass is 536 g/mol. The highest BCUT2D eigenvalue weighted by atomic mass is 19.1. The molecule has 1 aliphatic heterocycles. The van der Waals surface area contributed by atoms with Gasteiger partial charge >= 0.3 is 0 Å². The van der Waals surface area contributed by atoms with Crippen molar-refractivity contribution in [2.45, 2.75) is 12.8 Å². The molecule has 3 aromatic carbocycles. The van der Waals surface area contributed by atoms with Crippen LogP contribution in [0.1, 0.15) is 48.9 Å². The zero-order valence-electron chi connectivity index (χ0n) is 22.6. The molecule has 1 fully saturated rings. The highest BCUT2D eigenvalue weighted by Gasteiger charge is 2.46. The summed E-state index contributed by atoms with van der Waals surface area (Å²) in [5, 5.41) is 19.4. The Morgan fingerprint density at radius 1 is 0.850 bits per heavy atom. The van der Waals surface area contributed by atoms with Crippen molar-refractivity contribution in [2.75, 3.05) is 33.7 Å². The fourth-order valence-electron chi connectivity index (χ4n) is 5.50. The molecule has 202 valence electrons. The minimum absolute atomic E-state index is 0.0325. The Kier molecular flexibility index (Phi) is 8.52. The number of halogens is 1. The van der Waals surface area contributed by atoms with Gasteiger partial charge in [0.15, 0.2) is 11.6 Å². The van der Waals surface area contributed by atoms with E-state index < -0.39 is 23.6 Å². The molecule has 7 nitrogen and oxygen atoms in total. The van der Waals surface area contributed by atoms with Gasteiger partial charge in [-0.2, -0.15) is 10.5 Å². The maximum absolute atomic E-state index is 14.9. The van der Waals surface area contributed by atoms with E-state index in [-0.39, 0.29) is 59.4 Å². The van der Waals surface area contributed by atoms with E-state index in [1.807, 2.05) is 0 Å². The first-order valence-electron chi connectivity index (χ1n) is 12.9. The number of nitrogens with zero attached hydrogens (tertiary/aromatic N) is 4. The van der Waals surface area contributed by atoms with Crippen molar-refractivity contribution in [1.29, 1.82) is 10.5 Å². The third-order valence-electron chi connectivity index (χ3n) is 7.60. The summed E-state index contributed by atoms with van der Waals surface area (Å²) in [6.07, 6.45) is 0. The van der Waals surface area contributed by atoms with Crippen molar-refractivity contribution in [1.82, 2.24) is 9.80 Å². The number of rotatable bonds is 7. The fourth-order valence-corrected chi connectivity index (χ4v) is 5.50. The van der Waals surface area contributed by atoms with E-state index in [1.165, 1.54) is 11.0 Å². The van der Waals surface area contributed by atoms with Crippen molar-refractivity contribution in [3.63, 3.8) is 0 Å². The van der Waals surface area contributed by atoms with Gasteiger partial charge in [0.1, 0.15) is 5.82 Å². The number of likely N-dealkylation sites (tertiary alicyclic amines) is 1. The van der Waals surface area contributed by atoms with Crippen LogP contribution in [0.4, 0.5) is 4.39 Å². The van der Waals surface area contributed by atoms with Crippen molar-refractivity contribution < 1.29 is 18.8 Å². The van der Waals surface area contributed by atoms with Crippen LogP contribution in [-0.4, -0.2) is 61.0 Å². The number of likely N-dealkylation sites (N-methyl/N-ethyl adjacent to an activating group) is 1. The molecule has 3 atom stereocenters. The zero-order chi connectivity index (χ0) is 29.0. The highest BCUT2D eigenvalue weighted by molar-refractivity contribution is 6.04. The predicted octanol–water partition coefficient (Wildman–Crippen LogP) is 4.36. The van der Waals surface area contributed by atoms with Crippen molar-refractivity contribution in [3.8, 4) is 12.1 Å². The second-order valence-corrected chi connectivity index (χ2v) is 10.2. The molecule has 0 bridgehead atoms. The standard InChI is InChI=1S/C32H29FN4O3/c1-20-23(13-8-14-28(20)33)30-26(31(39)24-11-6-4-9-21(24)15-34)17-37(19-29(38)36(2)3)18-27(30)32(40)25-12-7-5-10-22(25)16-35/h4-14,26-27,30H,17-19H2,1-3H3/t26-,27+,30-. The Bertz CT molecular complexity index is 1470. The maximum Gasteiger partial charge on any atom is 0.236 e. The van der Waals surface area contributed by atoms with Crippen LogP contribution in [0.25, 0.3) is 0 Å². The molecule has 0 N–H and O–H groups in total. The molecule has 0 saturated carbocycles. The molecule has 0 aromatic heterocycles. The lowest BCUT2D eigenvalue weighted by Crippen LogP contribution is -2.52. The second kappa shape index (κ2) is 12.0. The number of amides is 1. The van der Waals surface area contributed by atoms with Gasteiger partial charge < -0.3 is 4.90 Å². The molecule has 1 saturated heterocycles. The lowest BCUT2D eigenvalue weighted by Gasteiger charge is -2.43. The number of Topliss-reactive ketones (excluding diaryl/α,β-unsaturated/α-hetero) is 2. The molecule has 0 aliphatic carbocycles. The lowest BCUT2D eigenvalue weighted by molar-refractivity contribution is -0.130. The Morgan fingerprint density at radius 2 is 1.35 bits per heavy atom. The Hall–Kier alpha value is -4.66. The smallest absolute Gasteiger partial charge is 0.236 e. The van der Waals surface area contributed by atoms with E-state index in [1.54, 1.807) is 86.6 Å². The topological polar surface area (TPSA) is 105 Å². The quantitative estimate of drug-likeness (QED) is 0.416. The predicted molar refractivity (Wildman–Crippen MR) is 147 cm³/mol. The van der Waals surface area contributed by atoms with Crippen molar-refractivity contribution in [3.05, 3.63) is 106 Å². The van der Waals surface area contributed by atoms with Gasteiger partial charge in [0.25, 0.3) is 0 Å². The van der Waals surface area contributed by atoms with Gasteiger partial charge in [-0.15, -0.1) is 0 Å². The Morgan fingerprint density at radius 3 is 1.82 bits per heavy atom. The molecule has 0 spiro atoms. The molecule has 1 aliphatic rings. The molecule has 3 aromatic rings. The van der Waals surface area contributed by atoms with Gasteiger partial charge in [-0.3, -0.25) is 19.3 Å². The van der Waals surface area contributed by atoms with Crippen LogP contribution in [0.2, 0.25) is 0 Å². The van der Waals surface area contributed by atoms with Gasteiger partial charge in [0, 0.05) is 56.1 Å². The van der Waals surface area contributed by atoms with Gasteiger partial charge in [-0.25, -0.2) is 4.39 Å². The first kappa shape index (κ1) is 28.4. The number of benzene rings is 3. The summed E-state index contributed by atoms with van der Waals surface area (Å²) in [5.74, 6) is -3.90. The average Bonchev–Trinajstić information content (AvgIpc) is 2.97. The molecule has 1 heterocycles. The molecule has 4 rings (SSSR count). The minimum Gasteiger partial charge on any atom is -0.348 e.